The lowest BCUT2D eigenvalue weighted by Crippen LogP contribution is -2.12. The zero-order valence-electron chi connectivity index (χ0n) is 10.4. The van der Waals surface area contributed by atoms with Crippen LogP contribution in [0.1, 0.15) is 10.4 Å². The number of anilines is 1. The summed E-state index contributed by atoms with van der Waals surface area (Å²) in [5, 5.41) is 31.9. The van der Waals surface area contributed by atoms with Crippen LogP contribution in [0.5, 0.6) is 11.5 Å². The van der Waals surface area contributed by atoms with Crippen LogP contribution in [-0.4, -0.2) is 21.0 Å². The number of halogens is 1. The van der Waals surface area contributed by atoms with Gasteiger partial charge < -0.3 is 15.5 Å². The van der Waals surface area contributed by atoms with E-state index in [1.807, 2.05) is 0 Å². The number of carbonyl (C=O) groups is 1. The molecule has 0 fully saturated rings. The second-order valence-corrected chi connectivity index (χ2v) is 4.49. The number of phenolic OH excluding ortho intramolecular Hbond substituents is 2. The van der Waals surface area contributed by atoms with E-state index in [0.29, 0.717) is 0 Å². The van der Waals surface area contributed by atoms with E-state index in [2.05, 4.69) is 5.32 Å². The number of nitro benzene ring substituents is 1. The number of phenols is 2. The third-order valence-corrected chi connectivity index (χ3v) is 2.95. The van der Waals surface area contributed by atoms with E-state index >= 15 is 0 Å². The Hall–Kier alpha value is -2.80. The largest absolute Gasteiger partial charge is 0.506 e. The molecule has 0 spiro atoms. The molecule has 0 heterocycles. The summed E-state index contributed by atoms with van der Waals surface area (Å²) in [6, 6.07) is 7.16. The van der Waals surface area contributed by atoms with Crippen molar-refractivity contribution in [2.24, 2.45) is 0 Å². The Morgan fingerprint density at radius 3 is 2.43 bits per heavy atom. The molecule has 108 valence electrons. The van der Waals surface area contributed by atoms with Crippen molar-refractivity contribution in [2.75, 3.05) is 5.32 Å². The average molecular weight is 309 g/mol. The van der Waals surface area contributed by atoms with Gasteiger partial charge in [0.1, 0.15) is 11.5 Å². The highest BCUT2D eigenvalue weighted by Crippen LogP contribution is 2.29. The number of nitrogens with one attached hydrogen (secondary N) is 1. The normalized spacial score (nSPS) is 10.1. The first kappa shape index (κ1) is 14.6. The van der Waals surface area contributed by atoms with Crippen molar-refractivity contribution in [1.82, 2.24) is 0 Å². The fourth-order valence-electron chi connectivity index (χ4n) is 1.58. The van der Waals surface area contributed by atoms with Gasteiger partial charge in [0, 0.05) is 11.6 Å². The Morgan fingerprint density at radius 2 is 1.86 bits per heavy atom. The van der Waals surface area contributed by atoms with E-state index in [9.17, 15) is 25.1 Å². The molecule has 2 aromatic carbocycles. The second kappa shape index (κ2) is 5.68. The molecule has 2 rings (SSSR count). The van der Waals surface area contributed by atoms with Crippen molar-refractivity contribution < 1.29 is 19.9 Å². The lowest BCUT2D eigenvalue weighted by Gasteiger charge is -2.07. The third-order valence-electron chi connectivity index (χ3n) is 2.65. The second-order valence-electron chi connectivity index (χ2n) is 4.08. The number of amides is 1. The van der Waals surface area contributed by atoms with E-state index in [1.54, 1.807) is 0 Å². The van der Waals surface area contributed by atoms with Gasteiger partial charge in [-0.25, -0.2) is 0 Å². The van der Waals surface area contributed by atoms with Crippen LogP contribution in [0, 0.1) is 10.1 Å². The molecule has 0 atom stereocenters. The maximum Gasteiger partial charge on any atom is 0.273 e. The predicted octanol–water partition coefficient (Wildman–Crippen LogP) is 2.91. The highest BCUT2D eigenvalue weighted by molar-refractivity contribution is 6.32. The average Bonchev–Trinajstić information content (AvgIpc) is 2.43. The van der Waals surface area contributed by atoms with Gasteiger partial charge in [0.25, 0.3) is 11.6 Å². The van der Waals surface area contributed by atoms with Crippen molar-refractivity contribution >= 4 is 28.9 Å². The molecule has 0 saturated carbocycles. The minimum absolute atomic E-state index is 0.00979. The molecule has 1 amide bonds. The van der Waals surface area contributed by atoms with Gasteiger partial charge in [-0.05, 0) is 24.3 Å². The Morgan fingerprint density at radius 1 is 1.14 bits per heavy atom. The minimum atomic E-state index is -0.662. The number of nitrogens with zero attached hydrogens (tertiary/aromatic N) is 1. The number of non-ortho nitro benzene ring substituents is 1. The molecule has 0 aliphatic heterocycles. The Bertz CT molecular complexity index is 732. The smallest absolute Gasteiger partial charge is 0.273 e. The van der Waals surface area contributed by atoms with Crippen molar-refractivity contribution in [3.63, 3.8) is 0 Å². The lowest BCUT2D eigenvalue weighted by atomic mass is 10.2. The summed E-state index contributed by atoms with van der Waals surface area (Å²) in [6.45, 7) is 0. The van der Waals surface area contributed by atoms with Crippen LogP contribution in [0.15, 0.2) is 36.4 Å². The minimum Gasteiger partial charge on any atom is -0.506 e. The Labute approximate surface area is 123 Å². The van der Waals surface area contributed by atoms with E-state index < -0.39 is 16.6 Å². The molecule has 0 unspecified atom stereocenters. The summed E-state index contributed by atoms with van der Waals surface area (Å²) in [5.74, 6) is -1.17. The summed E-state index contributed by atoms with van der Waals surface area (Å²) < 4.78 is 0. The number of hydrogen-bond donors (Lipinski definition) is 3. The van der Waals surface area contributed by atoms with E-state index in [0.717, 1.165) is 12.1 Å². The number of rotatable bonds is 3. The molecule has 0 saturated heterocycles. The summed E-state index contributed by atoms with van der Waals surface area (Å²) in [6.07, 6.45) is 0. The van der Waals surface area contributed by atoms with Crippen LogP contribution in [-0.2, 0) is 0 Å². The number of hydrogen-bond acceptors (Lipinski definition) is 5. The highest BCUT2D eigenvalue weighted by atomic mass is 35.5. The number of carbonyl (C=O) groups excluding carboxylic acids is 1. The fraction of sp³-hybridized carbons (Fsp3) is 0. The van der Waals surface area contributed by atoms with Gasteiger partial charge in [-0.2, -0.15) is 0 Å². The summed E-state index contributed by atoms with van der Waals surface area (Å²) in [4.78, 5) is 21.8. The number of nitro groups is 1. The van der Waals surface area contributed by atoms with Gasteiger partial charge in [0.05, 0.1) is 21.7 Å². The molecule has 7 nitrogen and oxygen atoms in total. The van der Waals surface area contributed by atoms with Crippen LogP contribution < -0.4 is 5.32 Å². The maximum absolute atomic E-state index is 12.0. The summed E-state index contributed by atoms with van der Waals surface area (Å²) >= 11 is 5.69. The van der Waals surface area contributed by atoms with Crippen LogP contribution in [0.4, 0.5) is 11.4 Å². The molecular formula is C13H9ClN2O5. The van der Waals surface area contributed by atoms with Crippen LogP contribution >= 0.6 is 11.6 Å². The van der Waals surface area contributed by atoms with Crippen molar-refractivity contribution in [3.8, 4) is 11.5 Å². The third kappa shape index (κ3) is 3.21. The molecular weight excluding hydrogens is 300 g/mol. The molecule has 0 aliphatic rings. The molecule has 0 bridgehead atoms. The quantitative estimate of drug-likeness (QED) is 0.458. The highest BCUT2D eigenvalue weighted by Gasteiger charge is 2.14. The van der Waals surface area contributed by atoms with Crippen molar-refractivity contribution in [2.45, 2.75) is 0 Å². The van der Waals surface area contributed by atoms with Gasteiger partial charge in [-0.15, -0.1) is 0 Å². The monoisotopic (exact) mass is 308 g/mol. The number of benzene rings is 2. The maximum atomic E-state index is 12.0. The summed E-state index contributed by atoms with van der Waals surface area (Å²) in [7, 11) is 0. The van der Waals surface area contributed by atoms with E-state index in [-0.39, 0.29) is 27.7 Å². The SMILES string of the molecule is O=C(Nc1ccc([N+](=O)[O-])cc1O)c1ccc(O)c(Cl)c1. The molecule has 21 heavy (non-hydrogen) atoms. The molecule has 0 radical (unpaired) electrons. The van der Waals surface area contributed by atoms with Gasteiger partial charge in [0.15, 0.2) is 0 Å². The first-order valence-corrected chi connectivity index (χ1v) is 6.03. The lowest BCUT2D eigenvalue weighted by molar-refractivity contribution is -0.384. The molecule has 8 heteroatoms. The molecule has 0 aliphatic carbocycles. The van der Waals surface area contributed by atoms with Gasteiger partial charge in [-0.3, -0.25) is 14.9 Å². The Balaban J connectivity index is 2.23. The zero-order valence-corrected chi connectivity index (χ0v) is 11.2. The van der Waals surface area contributed by atoms with Gasteiger partial charge in [0.2, 0.25) is 0 Å². The topological polar surface area (TPSA) is 113 Å². The number of aromatic hydroxyl groups is 2. The first-order chi connectivity index (χ1) is 9.88. The molecule has 2 aromatic rings. The van der Waals surface area contributed by atoms with Crippen molar-refractivity contribution in [1.29, 1.82) is 0 Å². The van der Waals surface area contributed by atoms with Crippen LogP contribution in [0.25, 0.3) is 0 Å². The first-order valence-electron chi connectivity index (χ1n) is 5.66. The predicted molar refractivity (Wildman–Crippen MR) is 75.8 cm³/mol. The van der Waals surface area contributed by atoms with Gasteiger partial charge >= 0.3 is 0 Å². The zero-order chi connectivity index (χ0) is 15.6. The Kier molecular flexibility index (Phi) is 3.95. The van der Waals surface area contributed by atoms with Crippen molar-refractivity contribution in [3.05, 3.63) is 57.1 Å². The van der Waals surface area contributed by atoms with Crippen LogP contribution in [0.2, 0.25) is 5.02 Å². The molecule has 3 N–H and O–H groups in total. The fourth-order valence-corrected chi connectivity index (χ4v) is 1.76. The van der Waals surface area contributed by atoms with Crippen LogP contribution in [0.3, 0.4) is 0 Å². The van der Waals surface area contributed by atoms with E-state index in [1.165, 1.54) is 24.3 Å². The molecule has 0 aromatic heterocycles. The standard InChI is InChI=1S/C13H9ClN2O5/c14-9-5-7(1-4-11(9)17)13(19)15-10-3-2-8(16(20)21)6-12(10)18/h1-6,17-18H,(H,15,19). The van der Waals surface area contributed by atoms with Gasteiger partial charge in [-0.1, -0.05) is 11.6 Å². The van der Waals surface area contributed by atoms with E-state index in [4.69, 9.17) is 11.6 Å². The summed E-state index contributed by atoms with van der Waals surface area (Å²) in [5.41, 5.74) is -0.108.